The first-order chi connectivity index (χ1) is 29.6. The van der Waals surface area contributed by atoms with Gasteiger partial charge in [-0.2, -0.15) is 10.4 Å². The van der Waals surface area contributed by atoms with Crippen LogP contribution in [0, 0.1) is 11.8 Å². The van der Waals surface area contributed by atoms with Crippen LogP contribution in [0.1, 0.15) is 91.2 Å². The third-order valence-electron chi connectivity index (χ3n) is 10.7. The van der Waals surface area contributed by atoms with E-state index in [1.165, 1.54) is 0 Å². The molecule has 14 nitrogen and oxygen atoms in total. The van der Waals surface area contributed by atoms with Gasteiger partial charge in [0, 0.05) is 43.0 Å². The summed E-state index contributed by atoms with van der Waals surface area (Å²) in [7, 11) is 0. The Morgan fingerprint density at radius 2 is 1.00 bits per heavy atom. The summed E-state index contributed by atoms with van der Waals surface area (Å²) in [5.74, 6) is -0.287. The molecule has 14 heteroatoms. The summed E-state index contributed by atoms with van der Waals surface area (Å²) in [5, 5.41) is 29.2. The van der Waals surface area contributed by atoms with Gasteiger partial charge in [-0.3, -0.25) is 9.59 Å². The number of aromatic amines is 2. The maximum atomic E-state index is 14.6. The molecule has 0 aliphatic heterocycles. The number of benzene rings is 4. The number of hydrogen-bond acceptors (Lipinski definition) is 10. The maximum absolute atomic E-state index is 14.6. The van der Waals surface area contributed by atoms with Gasteiger partial charge in [0.05, 0.1) is 0 Å². The Morgan fingerprint density at radius 1 is 0.574 bits per heavy atom. The lowest BCUT2D eigenvalue weighted by atomic mass is 9.97. The molecule has 2 atom stereocenters. The number of carbonyl (C=O) groups is 3. The van der Waals surface area contributed by atoms with Crippen LogP contribution in [-0.2, 0) is 32.2 Å². The zero-order chi connectivity index (χ0) is 43.3. The Morgan fingerprint density at radius 3 is 1.39 bits per heavy atom. The molecule has 6 rings (SSSR count). The lowest BCUT2D eigenvalue weighted by Crippen LogP contribution is -2.52. The van der Waals surface area contributed by atoms with Crippen molar-refractivity contribution >= 4 is 17.8 Å². The Balaban J connectivity index is 1.25. The lowest BCUT2D eigenvalue weighted by Gasteiger charge is -2.38. The molecular weight excluding hydrogens is 769 g/mol. The lowest BCUT2D eigenvalue weighted by molar-refractivity contribution is -0.179. The fourth-order valence-corrected chi connectivity index (χ4v) is 7.50. The smallest absolute Gasteiger partial charge is 0.331 e. The summed E-state index contributed by atoms with van der Waals surface area (Å²) in [6.07, 6.45) is 2.82. The number of tetrazole rings is 2. The second kappa shape index (κ2) is 21.1. The molecule has 0 unspecified atom stereocenters. The van der Waals surface area contributed by atoms with Crippen molar-refractivity contribution in [2.75, 3.05) is 0 Å². The molecule has 61 heavy (non-hydrogen) atoms. The van der Waals surface area contributed by atoms with E-state index >= 15 is 0 Å². The minimum Gasteiger partial charge on any atom is -0.440 e. The number of hydrogen-bond donors (Lipinski definition) is 2. The summed E-state index contributed by atoms with van der Waals surface area (Å²) in [6, 6.07) is 30.7. The van der Waals surface area contributed by atoms with Gasteiger partial charge in [0.2, 0.25) is 23.5 Å². The number of carbonyl (C=O) groups excluding carboxylic acids is 3. The molecule has 0 bridgehead atoms. The number of nitrogens with one attached hydrogen (secondary N) is 2. The highest BCUT2D eigenvalue weighted by atomic mass is 16.6. The minimum absolute atomic E-state index is 0.0992. The normalized spacial score (nSPS) is 12.3. The highest BCUT2D eigenvalue weighted by Gasteiger charge is 2.38. The summed E-state index contributed by atoms with van der Waals surface area (Å²) in [5.41, 5.74) is 7.21. The minimum atomic E-state index is -0.893. The third kappa shape index (κ3) is 11.0. The Kier molecular flexibility index (Phi) is 15.2. The van der Waals surface area contributed by atoms with E-state index in [1.54, 1.807) is 9.80 Å². The van der Waals surface area contributed by atoms with Crippen LogP contribution in [0.3, 0.4) is 0 Å². The Hall–Kier alpha value is -6.57. The van der Waals surface area contributed by atoms with Crippen molar-refractivity contribution in [3.05, 3.63) is 108 Å². The summed E-state index contributed by atoms with van der Waals surface area (Å²) >= 11 is 0. The molecule has 4 aromatic carbocycles. The van der Waals surface area contributed by atoms with Crippen LogP contribution in [0.5, 0.6) is 0 Å². The first kappa shape index (κ1) is 44.0. The van der Waals surface area contributed by atoms with Gasteiger partial charge in [-0.1, -0.05) is 151 Å². The largest absolute Gasteiger partial charge is 0.440 e. The monoisotopic (exact) mass is 824 g/mol. The average molecular weight is 825 g/mol. The molecule has 0 aliphatic rings. The Bertz CT molecular complexity index is 2310. The molecule has 0 radical (unpaired) electrons. The highest BCUT2D eigenvalue weighted by molar-refractivity contribution is 5.86. The number of nitrogens with zero attached hydrogens (tertiary/aromatic N) is 8. The zero-order valence-electron chi connectivity index (χ0n) is 35.9. The second-order valence-electron chi connectivity index (χ2n) is 16.0. The van der Waals surface area contributed by atoms with Crippen LogP contribution < -0.4 is 0 Å². The van der Waals surface area contributed by atoms with Crippen molar-refractivity contribution in [3.8, 4) is 45.0 Å². The number of unbranched alkanes of at least 4 members (excludes halogenated alkanes) is 2. The van der Waals surface area contributed by atoms with E-state index in [-0.39, 0.29) is 36.7 Å². The molecule has 2 aromatic heterocycles. The summed E-state index contributed by atoms with van der Waals surface area (Å²) in [4.78, 5) is 46.1. The molecule has 318 valence electrons. The van der Waals surface area contributed by atoms with Crippen LogP contribution in [0.15, 0.2) is 97.1 Å². The number of H-pyrrole nitrogens is 2. The van der Waals surface area contributed by atoms with E-state index in [1.807, 2.05) is 139 Å². The molecule has 0 saturated heterocycles. The Labute approximate surface area is 357 Å². The van der Waals surface area contributed by atoms with Crippen molar-refractivity contribution in [2.24, 2.45) is 11.8 Å². The molecule has 0 aliphatic carbocycles. The van der Waals surface area contributed by atoms with Gasteiger partial charge < -0.3 is 14.5 Å². The first-order valence-corrected chi connectivity index (χ1v) is 21.2. The summed E-state index contributed by atoms with van der Waals surface area (Å²) in [6.45, 7) is 12.3. The van der Waals surface area contributed by atoms with Crippen molar-refractivity contribution in [1.29, 1.82) is 0 Å². The van der Waals surface area contributed by atoms with E-state index in [0.29, 0.717) is 37.3 Å². The zero-order valence-corrected chi connectivity index (χ0v) is 35.9. The highest BCUT2D eigenvalue weighted by Crippen LogP contribution is 2.32. The van der Waals surface area contributed by atoms with E-state index in [2.05, 4.69) is 41.2 Å². The topological polar surface area (TPSA) is 176 Å². The van der Waals surface area contributed by atoms with Crippen LogP contribution in [0.25, 0.3) is 45.0 Å². The average Bonchev–Trinajstić information content (AvgIpc) is 4.02. The fourth-order valence-electron chi connectivity index (χ4n) is 7.50. The number of rotatable bonds is 20. The molecule has 2 N–H and O–H groups in total. The van der Waals surface area contributed by atoms with Crippen molar-refractivity contribution < 1.29 is 19.1 Å². The van der Waals surface area contributed by atoms with E-state index in [0.717, 1.165) is 57.3 Å². The first-order valence-electron chi connectivity index (χ1n) is 21.2. The molecule has 2 amide bonds. The van der Waals surface area contributed by atoms with Gasteiger partial charge in [0.1, 0.15) is 6.04 Å². The van der Waals surface area contributed by atoms with Gasteiger partial charge in [-0.15, -0.1) is 20.4 Å². The van der Waals surface area contributed by atoms with Gasteiger partial charge >= 0.3 is 5.97 Å². The molecule has 0 fully saturated rings. The van der Waals surface area contributed by atoms with Crippen LogP contribution in [-0.4, -0.2) is 81.1 Å². The third-order valence-corrected chi connectivity index (χ3v) is 10.7. The van der Waals surface area contributed by atoms with Crippen molar-refractivity contribution in [1.82, 2.24) is 51.0 Å². The van der Waals surface area contributed by atoms with E-state index in [9.17, 15) is 14.4 Å². The van der Waals surface area contributed by atoms with Gasteiger partial charge in [-0.05, 0) is 62.6 Å². The quantitative estimate of drug-likeness (QED) is 0.0560. The second-order valence-corrected chi connectivity index (χ2v) is 16.0. The standard InChI is InChI=1S/C47H56N10O4/c1-7-9-19-41(58)56(29-33-21-25-35(26-22-33)37-15-11-13-17-39(37)44-48-52-53-49-44)43(31(3)4)47(60)61-46(32(5)6)57(42(59)20-10-8-2)30-34-23-27-36(28-24-34)38-16-12-14-18-40(38)45-50-54-55-51-45/h11-18,21-28,31-32,43,46H,7-10,19-20,29-30H2,1-6H3,(H,48,49,52,53)(H,50,51,54,55)/t43-,46+/m0/s1. The molecule has 0 spiro atoms. The maximum Gasteiger partial charge on any atom is 0.331 e. The number of aromatic nitrogens is 8. The number of ether oxygens (including phenoxy) is 1. The van der Waals surface area contributed by atoms with E-state index < -0.39 is 18.2 Å². The fraction of sp³-hybridized carbons (Fsp3) is 0.383. The van der Waals surface area contributed by atoms with Crippen LogP contribution in [0.4, 0.5) is 0 Å². The SMILES string of the molecule is CCCCC(=O)N(Cc1ccc(-c2ccccc2-c2nn[nH]n2)cc1)[C@H](OC(=O)[C@H](C(C)C)N(Cc1ccc(-c2ccccc2-c2nn[nH]n2)cc1)C(=O)CCCC)C(C)C. The molecule has 6 aromatic rings. The number of amides is 2. The van der Waals surface area contributed by atoms with Gasteiger partial charge in [0.25, 0.3) is 0 Å². The van der Waals surface area contributed by atoms with Crippen molar-refractivity contribution in [2.45, 2.75) is 105 Å². The molecular formula is C47H56N10O4. The van der Waals surface area contributed by atoms with Gasteiger partial charge in [0.15, 0.2) is 6.23 Å². The van der Waals surface area contributed by atoms with Crippen LogP contribution in [0.2, 0.25) is 0 Å². The van der Waals surface area contributed by atoms with Crippen LogP contribution >= 0.6 is 0 Å². The molecule has 0 saturated carbocycles. The molecule has 2 heterocycles. The predicted molar refractivity (Wildman–Crippen MR) is 234 cm³/mol. The summed E-state index contributed by atoms with van der Waals surface area (Å²) < 4.78 is 6.45. The number of esters is 1. The van der Waals surface area contributed by atoms with Crippen molar-refractivity contribution in [3.63, 3.8) is 0 Å². The predicted octanol–water partition coefficient (Wildman–Crippen LogP) is 8.67. The van der Waals surface area contributed by atoms with Gasteiger partial charge in [-0.25, -0.2) is 4.79 Å². The van der Waals surface area contributed by atoms with E-state index in [4.69, 9.17) is 4.74 Å².